The average Bonchev–Trinajstić information content (AvgIpc) is 2.83. The van der Waals surface area contributed by atoms with Gasteiger partial charge in [-0.3, -0.25) is 14.9 Å². The molecule has 0 bridgehead atoms. The maximum absolute atomic E-state index is 12.7. The van der Waals surface area contributed by atoms with Crippen molar-refractivity contribution in [3.8, 4) is 11.5 Å². The van der Waals surface area contributed by atoms with Gasteiger partial charge in [-0.05, 0) is 42.5 Å². The minimum Gasteiger partial charge on any atom is -0.493 e. The van der Waals surface area contributed by atoms with Crippen molar-refractivity contribution in [3.63, 3.8) is 0 Å². The third-order valence-electron chi connectivity index (χ3n) is 5.51. The lowest BCUT2D eigenvalue weighted by molar-refractivity contribution is -0.134. The minimum atomic E-state index is -0.386. The number of hydrogen-bond acceptors (Lipinski definition) is 6. The van der Waals surface area contributed by atoms with Gasteiger partial charge < -0.3 is 24.6 Å². The van der Waals surface area contributed by atoms with Gasteiger partial charge in [0.05, 0.1) is 30.6 Å². The Morgan fingerprint density at radius 3 is 2.32 bits per heavy atom. The second-order valence-corrected chi connectivity index (χ2v) is 8.90. The Hall–Kier alpha value is -3.04. The SMILES string of the molecule is COc1ccc(C(=O)NC(=S)Nc2cccc(Cl)c2N2CCN(C(=O)C(C)C)CC2)cc1OC. The third kappa shape index (κ3) is 5.90. The molecule has 8 nitrogen and oxygen atoms in total. The number of hydrogen-bond donors (Lipinski definition) is 2. The third-order valence-corrected chi connectivity index (χ3v) is 6.02. The fourth-order valence-electron chi connectivity index (χ4n) is 3.76. The van der Waals surface area contributed by atoms with Crippen molar-refractivity contribution in [2.24, 2.45) is 5.92 Å². The van der Waals surface area contributed by atoms with Gasteiger partial charge in [-0.15, -0.1) is 0 Å². The number of nitrogens with one attached hydrogen (secondary N) is 2. The summed E-state index contributed by atoms with van der Waals surface area (Å²) in [6.45, 7) is 6.32. The number of halogens is 1. The zero-order valence-electron chi connectivity index (χ0n) is 19.7. The number of amides is 2. The average molecular weight is 505 g/mol. The number of thiocarbonyl (C=S) groups is 1. The molecule has 0 spiro atoms. The van der Waals surface area contributed by atoms with Gasteiger partial charge in [0.15, 0.2) is 16.6 Å². The lowest BCUT2D eigenvalue weighted by Crippen LogP contribution is -2.50. The largest absolute Gasteiger partial charge is 0.493 e. The van der Waals surface area contributed by atoms with Crippen molar-refractivity contribution in [3.05, 3.63) is 47.0 Å². The van der Waals surface area contributed by atoms with Gasteiger partial charge in [0.1, 0.15) is 0 Å². The predicted molar refractivity (Wildman–Crippen MR) is 138 cm³/mol. The van der Waals surface area contributed by atoms with Crippen LogP contribution in [0.1, 0.15) is 24.2 Å². The number of nitrogens with zero attached hydrogens (tertiary/aromatic N) is 2. The van der Waals surface area contributed by atoms with E-state index < -0.39 is 0 Å². The first-order chi connectivity index (χ1) is 16.2. The highest BCUT2D eigenvalue weighted by atomic mass is 35.5. The smallest absolute Gasteiger partial charge is 0.257 e. The second kappa shape index (κ2) is 11.4. The number of rotatable bonds is 6. The van der Waals surface area contributed by atoms with Crippen molar-refractivity contribution in [2.75, 3.05) is 50.6 Å². The summed E-state index contributed by atoms with van der Waals surface area (Å²) in [4.78, 5) is 29.0. The number of para-hydroxylation sites is 1. The van der Waals surface area contributed by atoms with E-state index in [9.17, 15) is 9.59 Å². The first-order valence-electron chi connectivity index (χ1n) is 10.9. The quantitative estimate of drug-likeness (QED) is 0.579. The Kier molecular flexibility index (Phi) is 8.57. The lowest BCUT2D eigenvalue weighted by atomic mass is 10.1. The Morgan fingerprint density at radius 1 is 1.03 bits per heavy atom. The van der Waals surface area contributed by atoms with Gasteiger partial charge in [-0.2, -0.15) is 0 Å². The molecular weight excluding hydrogens is 476 g/mol. The summed E-state index contributed by atoms with van der Waals surface area (Å²) in [5.41, 5.74) is 1.83. The zero-order chi connectivity index (χ0) is 24.8. The number of methoxy groups -OCH3 is 2. The van der Waals surface area contributed by atoms with Crippen molar-refractivity contribution in [1.82, 2.24) is 10.2 Å². The van der Waals surface area contributed by atoms with Crippen LogP contribution >= 0.6 is 23.8 Å². The summed E-state index contributed by atoms with van der Waals surface area (Å²) in [6.07, 6.45) is 0. The van der Waals surface area contributed by atoms with Crippen LogP contribution in [0.15, 0.2) is 36.4 Å². The van der Waals surface area contributed by atoms with E-state index in [-0.39, 0.29) is 22.8 Å². The van der Waals surface area contributed by atoms with Crippen molar-refractivity contribution in [1.29, 1.82) is 0 Å². The van der Waals surface area contributed by atoms with Crippen LogP contribution < -0.4 is 25.0 Å². The molecule has 1 heterocycles. The molecule has 2 N–H and O–H groups in total. The molecule has 2 amide bonds. The number of piperazine rings is 1. The lowest BCUT2D eigenvalue weighted by Gasteiger charge is -2.38. The highest BCUT2D eigenvalue weighted by Gasteiger charge is 2.25. The Balaban J connectivity index is 1.70. The number of carbonyl (C=O) groups is 2. The van der Waals surface area contributed by atoms with E-state index in [4.69, 9.17) is 33.3 Å². The summed E-state index contributed by atoms with van der Waals surface area (Å²) in [5.74, 6) is 0.703. The van der Waals surface area contributed by atoms with Crippen molar-refractivity contribution >= 4 is 52.1 Å². The van der Waals surface area contributed by atoms with E-state index in [1.165, 1.54) is 14.2 Å². The first-order valence-corrected chi connectivity index (χ1v) is 11.7. The summed E-state index contributed by atoms with van der Waals surface area (Å²) in [5, 5.41) is 6.47. The summed E-state index contributed by atoms with van der Waals surface area (Å²) >= 11 is 11.9. The van der Waals surface area contributed by atoms with E-state index in [1.807, 2.05) is 30.9 Å². The van der Waals surface area contributed by atoms with E-state index in [0.29, 0.717) is 54.0 Å². The molecule has 2 aromatic carbocycles. The summed E-state index contributed by atoms with van der Waals surface area (Å²) < 4.78 is 10.5. The molecule has 1 aliphatic heterocycles. The van der Waals surface area contributed by atoms with Crippen molar-refractivity contribution < 1.29 is 19.1 Å². The fourth-order valence-corrected chi connectivity index (χ4v) is 4.26. The molecule has 2 aromatic rings. The van der Waals surface area contributed by atoms with E-state index >= 15 is 0 Å². The van der Waals surface area contributed by atoms with Crippen molar-refractivity contribution in [2.45, 2.75) is 13.8 Å². The van der Waals surface area contributed by atoms with E-state index in [2.05, 4.69) is 15.5 Å². The molecule has 1 saturated heterocycles. The predicted octanol–water partition coefficient (Wildman–Crippen LogP) is 3.79. The molecule has 34 heavy (non-hydrogen) atoms. The van der Waals surface area contributed by atoms with Crippen LogP contribution in [0.4, 0.5) is 11.4 Å². The van der Waals surface area contributed by atoms with Gasteiger partial charge in [0.2, 0.25) is 5.91 Å². The molecule has 0 radical (unpaired) electrons. The molecular formula is C24H29ClN4O4S. The highest BCUT2D eigenvalue weighted by molar-refractivity contribution is 7.80. The maximum Gasteiger partial charge on any atom is 0.257 e. The minimum absolute atomic E-state index is 0.0317. The zero-order valence-corrected chi connectivity index (χ0v) is 21.3. The van der Waals surface area contributed by atoms with E-state index in [1.54, 1.807) is 24.3 Å². The van der Waals surface area contributed by atoms with Gasteiger partial charge in [0.25, 0.3) is 5.91 Å². The Morgan fingerprint density at radius 2 is 1.71 bits per heavy atom. The fraction of sp³-hybridized carbons (Fsp3) is 0.375. The number of carbonyl (C=O) groups excluding carboxylic acids is 2. The maximum atomic E-state index is 12.7. The van der Waals surface area contributed by atoms with Gasteiger partial charge >= 0.3 is 0 Å². The summed E-state index contributed by atoms with van der Waals surface area (Å²) in [6, 6.07) is 10.3. The molecule has 0 aliphatic carbocycles. The molecule has 10 heteroatoms. The van der Waals surface area contributed by atoms with Gasteiger partial charge in [0, 0.05) is 37.7 Å². The van der Waals surface area contributed by atoms with Gasteiger partial charge in [-0.25, -0.2) is 0 Å². The van der Waals surface area contributed by atoms with Gasteiger partial charge in [-0.1, -0.05) is 31.5 Å². The number of ether oxygens (including phenoxy) is 2. The second-order valence-electron chi connectivity index (χ2n) is 8.08. The first kappa shape index (κ1) is 25.6. The van der Waals surface area contributed by atoms with Crippen LogP contribution in [0, 0.1) is 5.92 Å². The number of benzene rings is 2. The van der Waals surface area contributed by atoms with Crippen LogP contribution in [0.5, 0.6) is 11.5 Å². The normalized spacial score (nSPS) is 13.5. The summed E-state index contributed by atoms with van der Waals surface area (Å²) in [7, 11) is 3.03. The van der Waals surface area contributed by atoms with Crippen LogP contribution in [-0.4, -0.2) is 62.2 Å². The van der Waals surface area contributed by atoms with Crippen LogP contribution in [-0.2, 0) is 4.79 Å². The van der Waals surface area contributed by atoms with E-state index in [0.717, 1.165) is 5.69 Å². The molecule has 0 atom stereocenters. The molecule has 1 fully saturated rings. The monoisotopic (exact) mass is 504 g/mol. The Bertz CT molecular complexity index is 1070. The molecule has 3 rings (SSSR count). The van der Waals surface area contributed by atoms with Crippen LogP contribution in [0.2, 0.25) is 5.02 Å². The standard InChI is InChI=1S/C24H29ClN4O4S/c1-15(2)23(31)29-12-10-28(11-13-29)21-17(25)6-5-7-18(21)26-24(34)27-22(30)16-8-9-19(32-3)20(14-16)33-4/h5-9,14-15H,10-13H2,1-4H3,(H2,26,27,30,34). The molecule has 0 unspecified atom stereocenters. The van der Waals surface area contributed by atoms with Crippen LogP contribution in [0.25, 0.3) is 0 Å². The topological polar surface area (TPSA) is 83.1 Å². The Labute approximate surface area is 210 Å². The number of anilines is 2. The van der Waals surface area contributed by atoms with Crippen LogP contribution in [0.3, 0.4) is 0 Å². The molecule has 0 saturated carbocycles. The molecule has 182 valence electrons. The highest BCUT2D eigenvalue weighted by Crippen LogP contribution is 2.35. The molecule has 1 aliphatic rings. The molecule has 0 aromatic heterocycles.